The Kier molecular flexibility index (Phi) is 6.06. The molecule has 1 rings (SSSR count). The molecule has 0 heterocycles. The molecule has 0 atom stereocenters. The van der Waals surface area contributed by atoms with Gasteiger partial charge in [0.05, 0.1) is 26.0 Å². The molecule has 0 saturated heterocycles. The van der Waals surface area contributed by atoms with Gasteiger partial charge in [-0.3, -0.25) is 15.6 Å². The molecule has 0 unspecified atom stereocenters. The van der Waals surface area contributed by atoms with Crippen LogP contribution in [-0.4, -0.2) is 25.2 Å². The van der Waals surface area contributed by atoms with Crippen molar-refractivity contribution in [1.82, 2.24) is 10.9 Å². The lowest BCUT2D eigenvalue weighted by Gasteiger charge is -2.14. The second-order valence-corrected chi connectivity index (χ2v) is 3.94. The lowest BCUT2D eigenvalue weighted by atomic mass is 10.2. The molecule has 0 spiro atoms. The molecule has 0 aliphatic heterocycles. The van der Waals surface area contributed by atoms with Gasteiger partial charge in [-0.25, -0.2) is 0 Å². The number of carbonyl (C=O) groups is 1. The van der Waals surface area contributed by atoms with Crippen LogP contribution >= 0.6 is 12.2 Å². The normalized spacial score (nSPS) is 9.05. The number of nitrogens with one attached hydrogen (secondary N) is 3. The van der Waals surface area contributed by atoms with Crippen LogP contribution in [0.25, 0.3) is 0 Å². The van der Waals surface area contributed by atoms with E-state index >= 15 is 0 Å². The van der Waals surface area contributed by atoms with Crippen molar-refractivity contribution in [1.29, 1.82) is 5.26 Å². The summed E-state index contributed by atoms with van der Waals surface area (Å²) in [6, 6.07) is 6.89. The van der Waals surface area contributed by atoms with E-state index in [1.54, 1.807) is 31.4 Å². The minimum atomic E-state index is -0.478. The number of hydrogen-bond donors (Lipinski definition) is 3. The largest absolute Gasteiger partial charge is 0.497 e. The van der Waals surface area contributed by atoms with E-state index < -0.39 is 5.91 Å². The zero-order valence-electron chi connectivity index (χ0n) is 11.0. The zero-order chi connectivity index (χ0) is 15.0. The van der Waals surface area contributed by atoms with Gasteiger partial charge in [0.2, 0.25) is 0 Å². The minimum Gasteiger partial charge on any atom is -0.497 e. The van der Waals surface area contributed by atoms with Gasteiger partial charge in [-0.1, -0.05) is 0 Å². The highest BCUT2D eigenvalue weighted by atomic mass is 32.1. The average Bonchev–Trinajstić information content (AvgIpc) is 2.45. The lowest BCUT2D eigenvalue weighted by Crippen LogP contribution is -2.43. The third-order valence-corrected chi connectivity index (χ3v) is 2.41. The Labute approximate surface area is 121 Å². The first-order chi connectivity index (χ1) is 9.60. The molecule has 20 heavy (non-hydrogen) atoms. The van der Waals surface area contributed by atoms with Crippen molar-refractivity contribution in [3.05, 3.63) is 18.2 Å². The highest BCUT2D eigenvalue weighted by molar-refractivity contribution is 7.80. The first kappa shape index (κ1) is 15.5. The van der Waals surface area contributed by atoms with Crippen LogP contribution in [0.4, 0.5) is 5.69 Å². The number of anilines is 1. The van der Waals surface area contributed by atoms with Gasteiger partial charge in [0, 0.05) is 6.07 Å². The topological polar surface area (TPSA) is 95.4 Å². The number of hydrogen-bond acceptors (Lipinski definition) is 5. The Morgan fingerprint density at radius 3 is 2.70 bits per heavy atom. The molecule has 106 valence electrons. The van der Waals surface area contributed by atoms with E-state index in [9.17, 15) is 4.79 Å². The molecule has 0 aliphatic carbocycles. The molecular formula is C12H14N4O3S. The maximum atomic E-state index is 11.1. The molecule has 7 nitrogen and oxygen atoms in total. The van der Waals surface area contributed by atoms with Crippen LogP contribution in [0.1, 0.15) is 6.42 Å². The quantitative estimate of drug-likeness (QED) is 0.561. The van der Waals surface area contributed by atoms with E-state index in [1.165, 1.54) is 7.11 Å². The van der Waals surface area contributed by atoms with Crippen LogP contribution in [0.15, 0.2) is 18.2 Å². The van der Waals surface area contributed by atoms with E-state index in [2.05, 4.69) is 16.2 Å². The van der Waals surface area contributed by atoms with Crippen molar-refractivity contribution in [2.45, 2.75) is 6.42 Å². The fraction of sp³-hybridized carbons (Fsp3) is 0.250. The van der Waals surface area contributed by atoms with Crippen LogP contribution < -0.4 is 25.6 Å². The van der Waals surface area contributed by atoms with Gasteiger partial charge in [-0.2, -0.15) is 5.26 Å². The van der Waals surface area contributed by atoms with Gasteiger partial charge >= 0.3 is 0 Å². The number of methoxy groups -OCH3 is 2. The van der Waals surface area contributed by atoms with Crippen molar-refractivity contribution >= 4 is 28.9 Å². The van der Waals surface area contributed by atoms with Crippen molar-refractivity contribution in [3.8, 4) is 17.6 Å². The maximum Gasteiger partial charge on any atom is 0.252 e. The molecule has 0 fully saturated rings. The van der Waals surface area contributed by atoms with Gasteiger partial charge < -0.3 is 14.8 Å². The van der Waals surface area contributed by atoms with Crippen molar-refractivity contribution in [2.24, 2.45) is 0 Å². The van der Waals surface area contributed by atoms with Crippen LogP contribution in [-0.2, 0) is 4.79 Å². The van der Waals surface area contributed by atoms with E-state index in [1.807, 2.05) is 0 Å². The maximum absolute atomic E-state index is 11.1. The van der Waals surface area contributed by atoms with Crippen molar-refractivity contribution < 1.29 is 14.3 Å². The van der Waals surface area contributed by atoms with Crippen LogP contribution in [0.3, 0.4) is 0 Å². The zero-order valence-corrected chi connectivity index (χ0v) is 11.8. The molecule has 1 aromatic carbocycles. The first-order valence-corrected chi connectivity index (χ1v) is 5.96. The summed E-state index contributed by atoms with van der Waals surface area (Å²) in [7, 11) is 3.07. The number of thiocarbonyl (C=S) groups is 1. The number of amides is 1. The molecule has 3 N–H and O–H groups in total. The Balaban J connectivity index is 2.65. The summed E-state index contributed by atoms with van der Waals surface area (Å²) in [4.78, 5) is 11.1. The Hall–Kier alpha value is -2.53. The number of nitrogens with zero attached hydrogens (tertiary/aromatic N) is 1. The number of nitriles is 1. The second-order valence-electron chi connectivity index (χ2n) is 3.53. The molecule has 0 aromatic heterocycles. The number of benzene rings is 1. The van der Waals surface area contributed by atoms with Crippen LogP contribution in [0.5, 0.6) is 11.5 Å². The van der Waals surface area contributed by atoms with Crippen LogP contribution in [0, 0.1) is 11.3 Å². The summed E-state index contributed by atoms with van der Waals surface area (Å²) in [5, 5.41) is 11.4. The molecular weight excluding hydrogens is 280 g/mol. The summed E-state index contributed by atoms with van der Waals surface area (Å²) in [5.74, 6) is 0.720. The number of carbonyl (C=O) groups excluding carboxylic acids is 1. The highest BCUT2D eigenvalue weighted by Gasteiger charge is 2.07. The predicted octanol–water partition coefficient (Wildman–Crippen LogP) is 0.935. The monoisotopic (exact) mass is 294 g/mol. The second kappa shape index (κ2) is 7.81. The molecule has 1 aromatic rings. The summed E-state index contributed by atoms with van der Waals surface area (Å²) in [5.41, 5.74) is 5.34. The fourth-order valence-corrected chi connectivity index (χ4v) is 1.47. The molecule has 0 aliphatic rings. The Morgan fingerprint density at radius 2 is 2.10 bits per heavy atom. The third-order valence-electron chi connectivity index (χ3n) is 2.21. The Bertz CT molecular complexity index is 542. The van der Waals surface area contributed by atoms with Crippen molar-refractivity contribution in [2.75, 3.05) is 19.5 Å². The van der Waals surface area contributed by atoms with E-state index in [0.29, 0.717) is 17.2 Å². The van der Waals surface area contributed by atoms with Gasteiger partial charge in [-0.05, 0) is 24.4 Å². The first-order valence-electron chi connectivity index (χ1n) is 5.55. The van der Waals surface area contributed by atoms with E-state index in [0.717, 1.165) is 0 Å². The Morgan fingerprint density at radius 1 is 1.35 bits per heavy atom. The van der Waals surface area contributed by atoms with E-state index in [-0.39, 0.29) is 11.5 Å². The SMILES string of the molecule is COc1ccc(OC)c(NC(=S)NNC(=O)CC#N)c1. The smallest absolute Gasteiger partial charge is 0.252 e. The summed E-state index contributed by atoms with van der Waals surface area (Å²) < 4.78 is 10.3. The number of hydrazine groups is 1. The summed E-state index contributed by atoms with van der Waals surface area (Å²) >= 11 is 5.01. The molecule has 0 saturated carbocycles. The molecule has 0 radical (unpaired) electrons. The predicted molar refractivity (Wildman–Crippen MR) is 77.3 cm³/mol. The standard InChI is InChI=1S/C12H14N4O3S/c1-18-8-3-4-10(19-2)9(7-8)14-12(20)16-15-11(17)5-6-13/h3-4,7H,5H2,1-2H3,(H,15,17)(H2,14,16,20). The highest BCUT2D eigenvalue weighted by Crippen LogP contribution is 2.28. The number of rotatable bonds is 4. The van der Waals surface area contributed by atoms with Crippen LogP contribution in [0.2, 0.25) is 0 Å². The molecule has 8 heteroatoms. The number of ether oxygens (including phenoxy) is 2. The average molecular weight is 294 g/mol. The van der Waals surface area contributed by atoms with Gasteiger partial charge in [0.25, 0.3) is 5.91 Å². The lowest BCUT2D eigenvalue weighted by molar-refractivity contribution is -0.120. The van der Waals surface area contributed by atoms with Gasteiger partial charge in [0.1, 0.15) is 17.9 Å². The summed E-state index contributed by atoms with van der Waals surface area (Å²) in [6.07, 6.45) is -0.252. The molecule has 1 amide bonds. The van der Waals surface area contributed by atoms with Gasteiger partial charge in [0.15, 0.2) is 5.11 Å². The minimum absolute atomic E-state index is 0.155. The third kappa shape index (κ3) is 4.62. The fourth-order valence-electron chi connectivity index (χ4n) is 1.31. The van der Waals surface area contributed by atoms with Gasteiger partial charge in [-0.15, -0.1) is 0 Å². The summed E-state index contributed by atoms with van der Waals surface area (Å²) in [6.45, 7) is 0. The van der Waals surface area contributed by atoms with E-state index in [4.69, 9.17) is 27.0 Å². The molecule has 0 bridgehead atoms. The van der Waals surface area contributed by atoms with Crippen molar-refractivity contribution in [3.63, 3.8) is 0 Å².